The van der Waals surface area contributed by atoms with Crippen LogP contribution >= 0.6 is 11.3 Å². The van der Waals surface area contributed by atoms with Crippen LogP contribution in [0.15, 0.2) is 24.3 Å². The van der Waals surface area contributed by atoms with Gasteiger partial charge in [0.2, 0.25) is 10.9 Å². The topological polar surface area (TPSA) is 87.2 Å². The van der Waals surface area contributed by atoms with Crippen molar-refractivity contribution in [3.63, 3.8) is 0 Å². The number of carbonyl (C=O) groups is 2. The van der Waals surface area contributed by atoms with Crippen LogP contribution in [0.2, 0.25) is 0 Å². The van der Waals surface area contributed by atoms with E-state index in [9.17, 15) is 9.59 Å². The number of anilines is 1. The van der Waals surface area contributed by atoms with E-state index in [1.165, 1.54) is 16.9 Å². The molecule has 0 unspecified atom stereocenters. The number of amides is 2. The average Bonchev–Trinajstić information content (AvgIpc) is 3.26. The molecule has 7 nitrogen and oxygen atoms in total. The van der Waals surface area contributed by atoms with Crippen LogP contribution in [0.3, 0.4) is 0 Å². The molecule has 1 aliphatic rings. The highest BCUT2D eigenvalue weighted by atomic mass is 32.1. The minimum Gasteiger partial charge on any atom is -0.356 e. The monoisotopic (exact) mass is 443 g/mol. The molecular formula is C23H33N5O2S. The molecule has 1 aliphatic heterocycles. The van der Waals surface area contributed by atoms with Gasteiger partial charge in [-0.3, -0.25) is 14.5 Å². The Morgan fingerprint density at radius 1 is 1.10 bits per heavy atom. The van der Waals surface area contributed by atoms with Crippen molar-refractivity contribution in [1.29, 1.82) is 0 Å². The van der Waals surface area contributed by atoms with Crippen LogP contribution in [0.5, 0.6) is 0 Å². The molecule has 2 amide bonds. The second kappa shape index (κ2) is 11.9. The number of piperidine rings is 1. The van der Waals surface area contributed by atoms with Gasteiger partial charge < -0.3 is 10.6 Å². The van der Waals surface area contributed by atoms with Gasteiger partial charge in [-0.1, -0.05) is 50.2 Å². The third-order valence-corrected chi connectivity index (χ3v) is 6.58. The third-order valence-electron chi connectivity index (χ3n) is 5.68. The highest BCUT2D eigenvalue weighted by Gasteiger charge is 2.25. The van der Waals surface area contributed by atoms with Gasteiger partial charge in [0.05, 0.1) is 6.54 Å². The molecule has 31 heavy (non-hydrogen) atoms. The van der Waals surface area contributed by atoms with Crippen molar-refractivity contribution in [1.82, 2.24) is 20.4 Å². The summed E-state index contributed by atoms with van der Waals surface area (Å²) in [4.78, 5) is 27.0. The number of nitrogens with one attached hydrogen (secondary N) is 2. The van der Waals surface area contributed by atoms with E-state index in [0.29, 0.717) is 11.6 Å². The lowest BCUT2D eigenvalue weighted by Gasteiger charge is -2.30. The van der Waals surface area contributed by atoms with Gasteiger partial charge in [0.15, 0.2) is 0 Å². The summed E-state index contributed by atoms with van der Waals surface area (Å²) in [5.74, 6) is 0.0665. The number of rotatable bonds is 10. The first kappa shape index (κ1) is 23.3. The van der Waals surface area contributed by atoms with Crippen LogP contribution in [-0.2, 0) is 17.8 Å². The molecule has 0 radical (unpaired) electrons. The van der Waals surface area contributed by atoms with Crippen molar-refractivity contribution in [2.75, 3.05) is 25.0 Å². The summed E-state index contributed by atoms with van der Waals surface area (Å²) in [5, 5.41) is 15.4. The Hall–Kier alpha value is -2.32. The Kier molecular flexibility index (Phi) is 8.97. The van der Waals surface area contributed by atoms with E-state index < -0.39 is 0 Å². The van der Waals surface area contributed by atoms with Gasteiger partial charge in [-0.25, -0.2) is 0 Å². The number of aryl methyl sites for hydroxylation is 1. The zero-order valence-electron chi connectivity index (χ0n) is 18.5. The van der Waals surface area contributed by atoms with E-state index >= 15 is 0 Å². The highest BCUT2D eigenvalue weighted by Crippen LogP contribution is 2.21. The molecule has 2 N–H and O–H groups in total. The fraction of sp³-hybridized carbons (Fsp3) is 0.565. The number of benzene rings is 1. The van der Waals surface area contributed by atoms with Gasteiger partial charge in [0.25, 0.3) is 5.91 Å². The lowest BCUT2D eigenvalue weighted by molar-refractivity contribution is -0.126. The summed E-state index contributed by atoms with van der Waals surface area (Å²) in [7, 11) is 0. The van der Waals surface area contributed by atoms with Gasteiger partial charge in [-0.2, -0.15) is 0 Å². The normalized spacial score (nSPS) is 15.0. The largest absolute Gasteiger partial charge is 0.356 e. The predicted octanol–water partition coefficient (Wildman–Crippen LogP) is 3.87. The van der Waals surface area contributed by atoms with Gasteiger partial charge in [0, 0.05) is 18.2 Å². The Labute approximate surface area is 188 Å². The fourth-order valence-electron chi connectivity index (χ4n) is 3.69. The molecule has 2 aromatic rings. The molecule has 1 fully saturated rings. The van der Waals surface area contributed by atoms with E-state index in [1.54, 1.807) is 0 Å². The average molecular weight is 444 g/mol. The molecule has 0 bridgehead atoms. The van der Waals surface area contributed by atoms with Crippen LogP contribution in [0.4, 0.5) is 5.69 Å². The molecule has 0 spiro atoms. The Balaban J connectivity index is 1.42. The maximum absolute atomic E-state index is 12.5. The molecule has 2 heterocycles. The predicted molar refractivity (Wildman–Crippen MR) is 124 cm³/mol. The highest BCUT2D eigenvalue weighted by molar-refractivity contribution is 7.13. The first-order valence-corrected chi connectivity index (χ1v) is 12.1. The minimum absolute atomic E-state index is 0.104. The van der Waals surface area contributed by atoms with Gasteiger partial charge >= 0.3 is 0 Å². The summed E-state index contributed by atoms with van der Waals surface area (Å²) in [6, 6.07) is 7.83. The van der Waals surface area contributed by atoms with Crippen molar-refractivity contribution in [2.45, 2.75) is 58.9 Å². The number of nitrogens with zero attached hydrogens (tertiary/aromatic N) is 3. The van der Waals surface area contributed by atoms with Crippen LogP contribution in [0, 0.1) is 5.92 Å². The second-order valence-corrected chi connectivity index (χ2v) is 9.12. The maximum atomic E-state index is 12.5. The van der Waals surface area contributed by atoms with Crippen LogP contribution in [0.25, 0.3) is 0 Å². The minimum atomic E-state index is -0.230. The summed E-state index contributed by atoms with van der Waals surface area (Å²) in [5.41, 5.74) is 1.99. The second-order valence-electron chi connectivity index (χ2n) is 8.05. The number of hydrogen-bond donors (Lipinski definition) is 2. The van der Waals surface area contributed by atoms with Crippen LogP contribution in [0.1, 0.15) is 66.3 Å². The van der Waals surface area contributed by atoms with Crippen LogP contribution < -0.4 is 10.6 Å². The molecule has 0 atom stereocenters. The first-order valence-electron chi connectivity index (χ1n) is 11.3. The molecule has 8 heteroatoms. The Bertz CT molecular complexity index is 844. The quantitative estimate of drug-likeness (QED) is 0.544. The van der Waals surface area contributed by atoms with Crippen molar-refractivity contribution in [2.24, 2.45) is 5.92 Å². The summed E-state index contributed by atoms with van der Waals surface area (Å²) < 4.78 is 0. The van der Waals surface area contributed by atoms with Gasteiger partial charge in [0.1, 0.15) is 5.01 Å². The molecule has 1 aromatic carbocycles. The number of hydrogen-bond acceptors (Lipinski definition) is 6. The maximum Gasteiger partial charge on any atom is 0.286 e. The van der Waals surface area contributed by atoms with Crippen molar-refractivity contribution >= 4 is 28.8 Å². The number of likely N-dealkylation sites (tertiary alicyclic amines) is 1. The van der Waals surface area contributed by atoms with Crippen molar-refractivity contribution < 1.29 is 9.59 Å². The zero-order valence-corrected chi connectivity index (χ0v) is 19.3. The number of carbonyl (C=O) groups excluding carboxylic acids is 2. The van der Waals surface area contributed by atoms with Gasteiger partial charge in [-0.05, 0) is 56.5 Å². The van der Waals surface area contributed by atoms with E-state index in [-0.39, 0.29) is 17.7 Å². The van der Waals surface area contributed by atoms with E-state index in [2.05, 4.69) is 39.6 Å². The molecule has 168 valence electrons. The standard InChI is InChI=1S/C23H33N5O2S/c1-3-5-6-13-24-21(29)18-11-14-28(15-12-18)16-20-26-27-23(31-20)22(30)25-19-9-7-17(4-2)8-10-19/h7-10,18H,3-6,11-16H2,1-2H3,(H,24,29)(H,25,30). The molecular weight excluding hydrogens is 410 g/mol. The molecule has 0 saturated carbocycles. The lowest BCUT2D eigenvalue weighted by Crippen LogP contribution is -2.40. The molecule has 3 rings (SSSR count). The third kappa shape index (κ3) is 7.11. The van der Waals surface area contributed by atoms with E-state index in [1.807, 2.05) is 24.3 Å². The smallest absolute Gasteiger partial charge is 0.286 e. The number of unbranched alkanes of at least 4 members (excludes halogenated alkanes) is 2. The Morgan fingerprint density at radius 2 is 1.84 bits per heavy atom. The SMILES string of the molecule is CCCCCNC(=O)C1CCN(Cc2nnc(C(=O)Nc3ccc(CC)cc3)s2)CC1. The zero-order chi connectivity index (χ0) is 22.1. The van der Waals surface area contributed by atoms with E-state index in [0.717, 1.165) is 68.9 Å². The van der Waals surface area contributed by atoms with Crippen LogP contribution in [-0.4, -0.2) is 46.5 Å². The fourth-order valence-corrected chi connectivity index (χ4v) is 4.47. The van der Waals surface area contributed by atoms with Crippen molar-refractivity contribution in [3.05, 3.63) is 39.8 Å². The first-order chi connectivity index (χ1) is 15.1. The summed E-state index contributed by atoms with van der Waals surface area (Å²) >= 11 is 1.33. The van der Waals surface area contributed by atoms with Crippen molar-refractivity contribution in [3.8, 4) is 0 Å². The summed E-state index contributed by atoms with van der Waals surface area (Å²) in [6.07, 6.45) is 6.06. The number of aromatic nitrogens is 2. The molecule has 1 saturated heterocycles. The lowest BCUT2D eigenvalue weighted by atomic mass is 9.96. The van der Waals surface area contributed by atoms with Gasteiger partial charge in [-0.15, -0.1) is 10.2 Å². The molecule has 0 aliphatic carbocycles. The summed E-state index contributed by atoms with van der Waals surface area (Å²) in [6.45, 7) is 7.43. The molecule has 1 aromatic heterocycles. The van der Waals surface area contributed by atoms with E-state index in [4.69, 9.17) is 0 Å². The Morgan fingerprint density at radius 3 is 2.52 bits per heavy atom.